The molecular formula is C22H21F6NO. The molecule has 0 bridgehead atoms. The molecule has 0 saturated heterocycles. The van der Waals surface area contributed by atoms with Gasteiger partial charge in [0, 0.05) is 23.7 Å². The maximum atomic E-state index is 14.8. The first-order valence-corrected chi connectivity index (χ1v) is 9.00. The summed E-state index contributed by atoms with van der Waals surface area (Å²) in [6.07, 6.45) is -5.76. The van der Waals surface area contributed by atoms with Crippen LogP contribution in [0.4, 0.5) is 32.0 Å². The Morgan fingerprint density at radius 2 is 1.60 bits per heavy atom. The third kappa shape index (κ3) is 4.08. The van der Waals surface area contributed by atoms with E-state index >= 15 is 0 Å². The van der Waals surface area contributed by atoms with Crippen LogP contribution < -0.4 is 15.8 Å². The van der Waals surface area contributed by atoms with Gasteiger partial charge in [0.15, 0.2) is 0 Å². The Labute approximate surface area is 169 Å². The lowest BCUT2D eigenvalue weighted by Crippen LogP contribution is -2.51. The Morgan fingerprint density at radius 1 is 1.00 bits per heavy atom. The quantitative estimate of drug-likeness (QED) is 0.665. The Balaban J connectivity index is 2.57. The SMILES string of the molecule is C=c1ccc(C(=O)Nc2c(C)cc(C(F)(C(C)(F)F)C(F)(F)F)cc2CC)cc1=C. The van der Waals surface area contributed by atoms with Gasteiger partial charge < -0.3 is 5.32 Å². The van der Waals surface area contributed by atoms with Gasteiger partial charge in [0.1, 0.15) is 0 Å². The van der Waals surface area contributed by atoms with Gasteiger partial charge in [-0.25, -0.2) is 13.2 Å². The van der Waals surface area contributed by atoms with E-state index in [1.54, 1.807) is 13.0 Å². The molecule has 162 valence electrons. The predicted octanol–water partition coefficient (Wildman–Crippen LogP) is 5.01. The minimum absolute atomic E-state index is 0.0249. The Morgan fingerprint density at radius 3 is 2.07 bits per heavy atom. The van der Waals surface area contributed by atoms with Crippen molar-refractivity contribution in [2.24, 2.45) is 0 Å². The van der Waals surface area contributed by atoms with Crippen molar-refractivity contribution in [3.8, 4) is 0 Å². The molecule has 30 heavy (non-hydrogen) atoms. The highest BCUT2D eigenvalue weighted by molar-refractivity contribution is 6.05. The smallest absolute Gasteiger partial charge is 0.321 e. The van der Waals surface area contributed by atoms with Crippen molar-refractivity contribution in [2.45, 2.75) is 45.0 Å². The summed E-state index contributed by atoms with van der Waals surface area (Å²) in [5.74, 6) is -5.29. The largest absolute Gasteiger partial charge is 0.432 e. The van der Waals surface area contributed by atoms with Gasteiger partial charge in [-0.3, -0.25) is 4.79 Å². The first-order chi connectivity index (χ1) is 13.6. The lowest BCUT2D eigenvalue weighted by molar-refractivity contribution is -0.304. The van der Waals surface area contributed by atoms with Crippen LogP contribution >= 0.6 is 0 Å². The zero-order valence-corrected chi connectivity index (χ0v) is 16.7. The third-order valence-corrected chi connectivity index (χ3v) is 4.90. The number of hydrogen-bond acceptors (Lipinski definition) is 1. The van der Waals surface area contributed by atoms with Gasteiger partial charge in [-0.05, 0) is 53.1 Å². The van der Waals surface area contributed by atoms with Crippen LogP contribution in [0, 0.1) is 6.92 Å². The van der Waals surface area contributed by atoms with Gasteiger partial charge in [0.25, 0.3) is 17.5 Å². The normalized spacial score (nSPS) is 14.3. The van der Waals surface area contributed by atoms with Crippen molar-refractivity contribution in [3.63, 3.8) is 0 Å². The van der Waals surface area contributed by atoms with Crippen LogP contribution in [0.25, 0.3) is 13.2 Å². The van der Waals surface area contributed by atoms with Gasteiger partial charge in [0.05, 0.1) is 0 Å². The molecule has 0 fully saturated rings. The molecule has 2 aromatic rings. The number of hydrogen-bond donors (Lipinski definition) is 1. The first-order valence-electron chi connectivity index (χ1n) is 9.00. The molecule has 0 radical (unpaired) electrons. The Bertz CT molecular complexity index is 1050. The van der Waals surface area contributed by atoms with E-state index in [-0.39, 0.29) is 35.7 Å². The second-order valence-electron chi connectivity index (χ2n) is 7.16. The van der Waals surface area contributed by atoms with Crippen LogP contribution in [-0.2, 0) is 12.1 Å². The highest BCUT2D eigenvalue weighted by Crippen LogP contribution is 2.53. The van der Waals surface area contributed by atoms with E-state index in [9.17, 15) is 31.1 Å². The minimum atomic E-state index is -5.84. The number of alkyl halides is 6. The van der Waals surface area contributed by atoms with Crippen LogP contribution in [0.15, 0.2) is 30.3 Å². The van der Waals surface area contributed by atoms with Gasteiger partial charge in [-0.1, -0.05) is 32.2 Å². The molecule has 1 unspecified atom stereocenters. The maximum Gasteiger partial charge on any atom is 0.432 e. The number of anilines is 1. The molecule has 0 aliphatic rings. The van der Waals surface area contributed by atoms with Gasteiger partial charge >= 0.3 is 6.18 Å². The molecule has 2 nitrogen and oxygen atoms in total. The second-order valence-corrected chi connectivity index (χ2v) is 7.16. The molecule has 0 aliphatic carbocycles. The topological polar surface area (TPSA) is 29.1 Å². The zero-order valence-electron chi connectivity index (χ0n) is 16.7. The van der Waals surface area contributed by atoms with Crippen molar-refractivity contribution in [3.05, 3.63) is 63.0 Å². The molecule has 0 aromatic heterocycles. The summed E-state index contributed by atoms with van der Waals surface area (Å²) in [5.41, 5.74) is -5.59. The Hall–Kier alpha value is -2.77. The van der Waals surface area contributed by atoms with E-state index in [4.69, 9.17) is 0 Å². The summed E-state index contributed by atoms with van der Waals surface area (Å²) in [7, 11) is 0. The number of halogens is 6. The number of rotatable bonds is 5. The molecule has 0 aliphatic heterocycles. The molecular weight excluding hydrogens is 408 g/mol. The fraction of sp³-hybridized carbons (Fsp3) is 0.318. The molecule has 1 atom stereocenters. The fourth-order valence-corrected chi connectivity index (χ4v) is 3.14. The van der Waals surface area contributed by atoms with E-state index in [1.165, 1.54) is 19.1 Å². The number of amides is 1. The summed E-state index contributed by atoms with van der Waals surface area (Å²) in [6, 6.07) is 5.97. The average Bonchev–Trinajstić information content (AvgIpc) is 2.62. The first kappa shape index (κ1) is 23.5. The van der Waals surface area contributed by atoms with E-state index in [0.29, 0.717) is 16.5 Å². The summed E-state index contributed by atoms with van der Waals surface area (Å²) in [4.78, 5) is 12.6. The lowest BCUT2D eigenvalue weighted by Gasteiger charge is -2.34. The standard InChI is InChI=1S/C22H21F6NO/c1-6-15-11-17(21(25,20(5,23)24)22(26,27)28)10-14(4)18(15)29-19(30)16-8-7-12(2)13(3)9-16/h7-11H,2-3,6H2,1,4-5H3,(H,29,30). The van der Waals surface area contributed by atoms with Crippen molar-refractivity contribution < 1.29 is 31.1 Å². The number of nitrogens with one attached hydrogen (secondary N) is 1. The summed E-state index contributed by atoms with van der Waals surface area (Å²) >= 11 is 0. The molecule has 0 saturated carbocycles. The third-order valence-electron chi connectivity index (χ3n) is 4.90. The number of benzene rings is 2. The van der Waals surface area contributed by atoms with Gasteiger partial charge in [-0.2, -0.15) is 13.2 Å². The number of carbonyl (C=O) groups excluding carboxylic acids is 1. The summed E-state index contributed by atoms with van der Waals surface area (Å²) < 4.78 is 82.3. The molecule has 8 heteroatoms. The van der Waals surface area contributed by atoms with Crippen molar-refractivity contribution >= 4 is 24.8 Å². The molecule has 2 rings (SSSR count). The van der Waals surface area contributed by atoms with Crippen molar-refractivity contribution in [1.82, 2.24) is 0 Å². The number of aryl methyl sites for hydroxylation is 2. The van der Waals surface area contributed by atoms with E-state index in [1.807, 2.05) is 0 Å². The molecule has 0 spiro atoms. The minimum Gasteiger partial charge on any atom is -0.321 e. The summed E-state index contributed by atoms with van der Waals surface area (Å²) in [5, 5.41) is 3.71. The van der Waals surface area contributed by atoms with Crippen molar-refractivity contribution in [2.75, 3.05) is 5.32 Å². The van der Waals surface area contributed by atoms with E-state index in [0.717, 1.165) is 6.07 Å². The van der Waals surface area contributed by atoms with Crippen LogP contribution in [0.1, 0.15) is 40.9 Å². The van der Waals surface area contributed by atoms with Crippen LogP contribution in [0.5, 0.6) is 0 Å². The maximum absolute atomic E-state index is 14.8. The Kier molecular flexibility index (Phi) is 6.12. The average molecular weight is 429 g/mol. The van der Waals surface area contributed by atoms with E-state index < -0.39 is 29.2 Å². The van der Waals surface area contributed by atoms with E-state index in [2.05, 4.69) is 18.5 Å². The number of carbonyl (C=O) groups is 1. The predicted molar refractivity (Wildman–Crippen MR) is 105 cm³/mol. The highest BCUT2D eigenvalue weighted by Gasteiger charge is 2.70. The van der Waals surface area contributed by atoms with Crippen LogP contribution in [0.3, 0.4) is 0 Å². The second kappa shape index (κ2) is 7.81. The van der Waals surface area contributed by atoms with Crippen molar-refractivity contribution in [1.29, 1.82) is 0 Å². The fourth-order valence-electron chi connectivity index (χ4n) is 3.14. The lowest BCUT2D eigenvalue weighted by atomic mass is 9.86. The molecule has 0 heterocycles. The van der Waals surface area contributed by atoms with Gasteiger partial charge in [-0.15, -0.1) is 0 Å². The van der Waals surface area contributed by atoms with Crippen LogP contribution in [-0.4, -0.2) is 18.0 Å². The molecule has 2 aromatic carbocycles. The van der Waals surface area contributed by atoms with Gasteiger partial charge in [0.2, 0.25) is 0 Å². The molecule has 1 N–H and O–H groups in total. The zero-order chi connectivity index (χ0) is 23.1. The molecule has 1 amide bonds. The van der Waals surface area contributed by atoms with Crippen LogP contribution in [0.2, 0.25) is 0 Å². The summed E-state index contributed by atoms with van der Waals surface area (Å²) in [6.45, 7) is 10.2. The monoisotopic (exact) mass is 429 g/mol. The highest BCUT2D eigenvalue weighted by atomic mass is 19.4.